The molecule has 5 heteroatoms. The number of allylic oxidation sites excluding steroid dienone is 8. The van der Waals surface area contributed by atoms with Crippen LogP contribution in [-0.4, -0.2) is 48.2 Å². The lowest BCUT2D eigenvalue weighted by Gasteiger charge is -2.40. The second kappa shape index (κ2) is 32.7. The molecule has 0 radical (unpaired) electrons. The minimum atomic E-state index is -0.839. The molecular formula is C42H75NO4. The van der Waals surface area contributed by atoms with Gasteiger partial charge in [-0.3, -0.25) is 0 Å². The first kappa shape index (κ1) is 43.2. The summed E-state index contributed by atoms with van der Waals surface area (Å²) in [6.07, 6.45) is 48.5. The molecule has 1 fully saturated rings. The Morgan fingerprint density at radius 3 is 1.23 bits per heavy atom. The van der Waals surface area contributed by atoms with Crippen LogP contribution in [0, 0.1) is 0 Å². The molecule has 272 valence electrons. The summed E-state index contributed by atoms with van der Waals surface area (Å²) in [5.41, 5.74) is 0. The van der Waals surface area contributed by atoms with Crippen LogP contribution in [0.1, 0.15) is 181 Å². The minimum absolute atomic E-state index is 0.489. The first-order chi connectivity index (χ1) is 23.1. The maximum atomic E-state index is 11.4. The van der Waals surface area contributed by atoms with Gasteiger partial charge in [-0.25, -0.2) is 4.79 Å². The number of carbonyl (C=O) groups is 1. The standard InChI is InChI=1S/C42H75NO4/c1-3-5-7-9-11-13-15-17-19-21-23-25-27-29-31-33-39-46-42(35-37-43(38-36-42)41(44)45)47-40-34-32-30-28-26-24-22-20-18-16-14-12-10-8-6-4-2/h11-14,17-20H,3-10,15-16,21-40H2,1-2H3,(H,44,45). The van der Waals surface area contributed by atoms with E-state index in [4.69, 9.17) is 9.47 Å². The summed E-state index contributed by atoms with van der Waals surface area (Å²) >= 11 is 0. The molecule has 1 aliphatic rings. The van der Waals surface area contributed by atoms with Crippen LogP contribution in [-0.2, 0) is 9.47 Å². The third-order valence-electron chi connectivity index (χ3n) is 9.22. The molecule has 1 N–H and O–H groups in total. The van der Waals surface area contributed by atoms with Gasteiger partial charge >= 0.3 is 6.09 Å². The minimum Gasteiger partial charge on any atom is -0.465 e. The molecule has 5 nitrogen and oxygen atoms in total. The molecule has 0 spiro atoms. The highest BCUT2D eigenvalue weighted by molar-refractivity contribution is 5.65. The van der Waals surface area contributed by atoms with Gasteiger partial charge < -0.3 is 19.5 Å². The molecule has 47 heavy (non-hydrogen) atoms. The molecule has 1 rings (SSSR count). The molecule has 1 amide bonds. The lowest BCUT2D eigenvalue weighted by Crippen LogP contribution is -2.49. The van der Waals surface area contributed by atoms with Crippen molar-refractivity contribution < 1.29 is 19.4 Å². The number of nitrogens with zero attached hydrogens (tertiary/aromatic N) is 1. The Morgan fingerprint density at radius 2 is 0.872 bits per heavy atom. The van der Waals surface area contributed by atoms with Gasteiger partial charge in [-0.15, -0.1) is 0 Å². The molecule has 1 heterocycles. The van der Waals surface area contributed by atoms with Crippen LogP contribution in [0.4, 0.5) is 4.79 Å². The number of hydrogen-bond acceptors (Lipinski definition) is 3. The van der Waals surface area contributed by atoms with E-state index in [0.29, 0.717) is 39.1 Å². The third kappa shape index (κ3) is 26.8. The van der Waals surface area contributed by atoms with Crippen LogP contribution in [0.15, 0.2) is 48.6 Å². The quantitative estimate of drug-likeness (QED) is 0.0444. The van der Waals surface area contributed by atoms with Crippen molar-refractivity contribution in [2.24, 2.45) is 0 Å². The van der Waals surface area contributed by atoms with Crippen LogP contribution >= 0.6 is 0 Å². The highest BCUT2D eigenvalue weighted by Crippen LogP contribution is 2.29. The summed E-state index contributed by atoms with van der Waals surface area (Å²) < 4.78 is 12.8. The summed E-state index contributed by atoms with van der Waals surface area (Å²) in [6, 6.07) is 0. The summed E-state index contributed by atoms with van der Waals surface area (Å²) in [5.74, 6) is -0.611. The van der Waals surface area contributed by atoms with Gasteiger partial charge in [0.15, 0.2) is 5.79 Å². The van der Waals surface area contributed by atoms with E-state index in [0.717, 1.165) is 25.7 Å². The molecule has 0 saturated carbocycles. The topological polar surface area (TPSA) is 59.0 Å². The molecule has 1 aliphatic heterocycles. The van der Waals surface area contributed by atoms with Gasteiger partial charge in [-0.05, 0) is 77.0 Å². The number of carboxylic acid groups (broad SMARTS) is 1. The van der Waals surface area contributed by atoms with Crippen molar-refractivity contribution in [2.45, 2.75) is 187 Å². The molecule has 0 bridgehead atoms. The van der Waals surface area contributed by atoms with E-state index >= 15 is 0 Å². The predicted octanol–water partition coefficient (Wildman–Crippen LogP) is 13.1. The zero-order valence-corrected chi connectivity index (χ0v) is 31.0. The van der Waals surface area contributed by atoms with Gasteiger partial charge in [0.2, 0.25) is 0 Å². The van der Waals surface area contributed by atoms with Gasteiger partial charge in [0.1, 0.15) is 0 Å². The van der Waals surface area contributed by atoms with Crippen molar-refractivity contribution in [1.82, 2.24) is 4.90 Å². The Morgan fingerprint density at radius 1 is 0.532 bits per heavy atom. The van der Waals surface area contributed by atoms with Crippen LogP contribution in [0.5, 0.6) is 0 Å². The largest absolute Gasteiger partial charge is 0.465 e. The van der Waals surface area contributed by atoms with Crippen molar-refractivity contribution in [3.05, 3.63) is 48.6 Å². The van der Waals surface area contributed by atoms with Crippen molar-refractivity contribution in [2.75, 3.05) is 26.3 Å². The lowest BCUT2D eigenvalue weighted by molar-refractivity contribution is -0.256. The van der Waals surface area contributed by atoms with E-state index < -0.39 is 11.9 Å². The molecule has 0 unspecified atom stereocenters. The number of piperidine rings is 1. The van der Waals surface area contributed by atoms with Crippen LogP contribution < -0.4 is 0 Å². The Labute approximate surface area is 291 Å². The van der Waals surface area contributed by atoms with Crippen molar-refractivity contribution in [3.8, 4) is 0 Å². The maximum absolute atomic E-state index is 11.4. The van der Waals surface area contributed by atoms with E-state index in [-0.39, 0.29) is 0 Å². The first-order valence-electron chi connectivity index (χ1n) is 20.0. The van der Waals surface area contributed by atoms with E-state index in [1.807, 2.05) is 0 Å². The number of unbranched alkanes of at least 4 members (excludes halogenated alkanes) is 18. The van der Waals surface area contributed by atoms with Crippen molar-refractivity contribution in [1.29, 1.82) is 0 Å². The van der Waals surface area contributed by atoms with Crippen LogP contribution in [0.2, 0.25) is 0 Å². The monoisotopic (exact) mass is 658 g/mol. The van der Waals surface area contributed by atoms with Crippen LogP contribution in [0.25, 0.3) is 0 Å². The summed E-state index contributed by atoms with van der Waals surface area (Å²) in [7, 11) is 0. The Kier molecular flexibility index (Phi) is 30.0. The number of hydrogen-bond donors (Lipinski definition) is 1. The fourth-order valence-electron chi connectivity index (χ4n) is 6.07. The highest BCUT2D eigenvalue weighted by Gasteiger charge is 2.37. The highest BCUT2D eigenvalue weighted by atomic mass is 16.7. The second-order valence-corrected chi connectivity index (χ2v) is 13.5. The van der Waals surface area contributed by atoms with Gasteiger partial charge in [0.05, 0.1) is 13.2 Å². The average Bonchev–Trinajstić information content (AvgIpc) is 3.08. The molecule has 0 atom stereocenters. The molecule has 0 aromatic rings. The third-order valence-corrected chi connectivity index (χ3v) is 9.22. The number of ether oxygens (including phenoxy) is 2. The van der Waals surface area contributed by atoms with Crippen LogP contribution in [0.3, 0.4) is 0 Å². The Hall–Kier alpha value is -1.85. The molecule has 0 aromatic heterocycles. The van der Waals surface area contributed by atoms with Gasteiger partial charge in [-0.2, -0.15) is 0 Å². The zero-order valence-electron chi connectivity index (χ0n) is 31.0. The van der Waals surface area contributed by atoms with Gasteiger partial charge in [0.25, 0.3) is 0 Å². The van der Waals surface area contributed by atoms with Crippen molar-refractivity contribution >= 4 is 6.09 Å². The Bertz CT molecular complexity index is 757. The van der Waals surface area contributed by atoms with E-state index in [1.165, 1.54) is 133 Å². The summed E-state index contributed by atoms with van der Waals surface area (Å²) in [6.45, 7) is 6.88. The SMILES string of the molecule is CCCCCC=CCC=CCCCCCCCCOC1(OCCCCCCCCC=CCC=CCCCCC)CCN(C(=O)O)CC1. The van der Waals surface area contributed by atoms with E-state index in [1.54, 1.807) is 0 Å². The average molecular weight is 658 g/mol. The molecule has 0 aliphatic carbocycles. The van der Waals surface area contributed by atoms with E-state index in [2.05, 4.69) is 62.5 Å². The van der Waals surface area contributed by atoms with Gasteiger partial charge in [0, 0.05) is 25.9 Å². The zero-order chi connectivity index (χ0) is 33.9. The smallest absolute Gasteiger partial charge is 0.407 e. The fraction of sp³-hybridized carbons (Fsp3) is 0.786. The number of rotatable bonds is 32. The number of likely N-dealkylation sites (tertiary alicyclic amines) is 1. The maximum Gasteiger partial charge on any atom is 0.407 e. The summed E-state index contributed by atoms with van der Waals surface area (Å²) in [4.78, 5) is 12.9. The molecule has 1 saturated heterocycles. The van der Waals surface area contributed by atoms with Crippen molar-refractivity contribution in [3.63, 3.8) is 0 Å². The second-order valence-electron chi connectivity index (χ2n) is 13.5. The lowest BCUT2D eigenvalue weighted by atomic mass is 10.0. The van der Waals surface area contributed by atoms with Gasteiger partial charge in [-0.1, -0.05) is 140 Å². The fourth-order valence-corrected chi connectivity index (χ4v) is 6.07. The normalized spacial score (nSPS) is 15.3. The van der Waals surface area contributed by atoms with E-state index in [9.17, 15) is 9.90 Å². The Balaban J connectivity index is 2.10. The number of amides is 1. The first-order valence-corrected chi connectivity index (χ1v) is 20.0. The molecular weight excluding hydrogens is 582 g/mol. The molecule has 0 aromatic carbocycles. The summed E-state index contributed by atoms with van der Waals surface area (Å²) in [5, 5.41) is 9.40. The predicted molar refractivity (Wildman–Crippen MR) is 202 cm³/mol.